The maximum Gasteiger partial charge on any atom is 0.355 e. The molecule has 2 aliphatic heterocycles. The minimum absolute atomic E-state index is 0.226. The first-order valence-electron chi connectivity index (χ1n) is 8.07. The van der Waals surface area contributed by atoms with Crippen LogP contribution in [0.4, 0.5) is 5.69 Å². The summed E-state index contributed by atoms with van der Waals surface area (Å²) in [6, 6.07) is 16.3. The van der Waals surface area contributed by atoms with Crippen molar-refractivity contribution < 1.29 is 19.1 Å². The lowest BCUT2D eigenvalue weighted by molar-refractivity contribution is -0.160. The molecule has 0 amide bonds. The van der Waals surface area contributed by atoms with E-state index in [1.807, 2.05) is 42.5 Å². The van der Waals surface area contributed by atoms with Crippen molar-refractivity contribution in [3.05, 3.63) is 65.2 Å². The molecule has 7 heteroatoms. The SMILES string of the molecule is COC(=O)[C@@H]1OC(=O)C2=NN(c3ccc(Cl)cc3)[C@H](c3ccccc3)[C@H]21. The number of nitrogens with zero attached hydrogens (tertiary/aromatic N) is 2. The summed E-state index contributed by atoms with van der Waals surface area (Å²) < 4.78 is 10.1. The molecule has 0 saturated carbocycles. The van der Waals surface area contributed by atoms with Gasteiger partial charge in [0.25, 0.3) is 0 Å². The quantitative estimate of drug-likeness (QED) is 0.777. The van der Waals surface area contributed by atoms with E-state index < -0.39 is 24.0 Å². The van der Waals surface area contributed by atoms with Crippen molar-refractivity contribution >= 4 is 34.9 Å². The van der Waals surface area contributed by atoms with Crippen LogP contribution in [0, 0.1) is 5.92 Å². The van der Waals surface area contributed by atoms with Crippen LogP contribution in [0.3, 0.4) is 0 Å². The molecule has 0 aromatic heterocycles. The van der Waals surface area contributed by atoms with Gasteiger partial charge in [-0.3, -0.25) is 5.01 Å². The molecule has 0 aliphatic carbocycles. The number of methoxy groups -OCH3 is 1. The van der Waals surface area contributed by atoms with E-state index in [9.17, 15) is 9.59 Å². The largest absolute Gasteiger partial charge is 0.466 e. The fraction of sp³-hybridized carbons (Fsp3) is 0.211. The molecule has 0 bridgehead atoms. The first-order chi connectivity index (χ1) is 12.6. The molecule has 0 radical (unpaired) electrons. The molecule has 2 heterocycles. The first kappa shape index (κ1) is 16.6. The zero-order valence-electron chi connectivity index (χ0n) is 13.8. The van der Waals surface area contributed by atoms with Crippen LogP contribution in [-0.4, -0.2) is 30.9 Å². The number of fused-ring (bicyclic) bond motifs is 1. The standard InChI is InChI=1S/C19H15ClN2O4/c1-25-19(24)17-14-15(18(23)26-17)21-22(13-9-7-12(20)8-10-13)16(14)11-5-3-2-4-6-11/h2-10,14,16-17H,1H3/t14-,16+,17+/m0/s1. The van der Waals surface area contributed by atoms with Crippen LogP contribution in [-0.2, 0) is 19.1 Å². The Morgan fingerprint density at radius 2 is 1.85 bits per heavy atom. The Morgan fingerprint density at radius 1 is 1.15 bits per heavy atom. The summed E-state index contributed by atoms with van der Waals surface area (Å²) in [7, 11) is 1.27. The average molecular weight is 371 g/mol. The second-order valence-electron chi connectivity index (χ2n) is 6.04. The minimum Gasteiger partial charge on any atom is -0.466 e. The number of cyclic esters (lactones) is 1. The van der Waals surface area contributed by atoms with E-state index in [1.54, 1.807) is 17.1 Å². The van der Waals surface area contributed by atoms with Gasteiger partial charge in [0.1, 0.15) is 0 Å². The number of hydrogen-bond acceptors (Lipinski definition) is 6. The minimum atomic E-state index is -1.02. The van der Waals surface area contributed by atoms with Crippen molar-refractivity contribution in [3.63, 3.8) is 0 Å². The van der Waals surface area contributed by atoms with E-state index in [2.05, 4.69) is 5.10 Å². The van der Waals surface area contributed by atoms with E-state index in [-0.39, 0.29) is 11.8 Å². The molecule has 1 saturated heterocycles. The maximum absolute atomic E-state index is 12.3. The van der Waals surface area contributed by atoms with Crippen molar-refractivity contribution in [2.45, 2.75) is 12.1 Å². The van der Waals surface area contributed by atoms with E-state index in [1.165, 1.54) is 7.11 Å². The summed E-state index contributed by atoms with van der Waals surface area (Å²) >= 11 is 5.98. The number of hydrazone groups is 1. The van der Waals surface area contributed by atoms with Gasteiger partial charge in [-0.2, -0.15) is 5.10 Å². The van der Waals surface area contributed by atoms with Crippen molar-refractivity contribution in [2.75, 3.05) is 12.1 Å². The molecule has 3 atom stereocenters. The van der Waals surface area contributed by atoms with Crippen molar-refractivity contribution in [2.24, 2.45) is 11.0 Å². The Kier molecular flexibility index (Phi) is 4.12. The van der Waals surface area contributed by atoms with Gasteiger partial charge >= 0.3 is 11.9 Å². The number of hydrogen-bond donors (Lipinski definition) is 0. The fourth-order valence-electron chi connectivity index (χ4n) is 3.40. The third-order valence-electron chi connectivity index (χ3n) is 4.57. The average Bonchev–Trinajstić information content (AvgIpc) is 3.20. The van der Waals surface area contributed by atoms with Gasteiger partial charge in [0.05, 0.1) is 24.8 Å². The second kappa shape index (κ2) is 6.46. The molecule has 2 aliphatic rings. The van der Waals surface area contributed by atoms with Crippen LogP contribution in [0.5, 0.6) is 0 Å². The Morgan fingerprint density at radius 3 is 2.50 bits per heavy atom. The Labute approximate surface area is 155 Å². The van der Waals surface area contributed by atoms with Crippen LogP contribution < -0.4 is 5.01 Å². The highest BCUT2D eigenvalue weighted by Crippen LogP contribution is 2.44. The van der Waals surface area contributed by atoms with Gasteiger partial charge in [0.2, 0.25) is 6.10 Å². The summed E-state index contributed by atoms with van der Waals surface area (Å²) in [5, 5.41) is 6.82. The molecular formula is C19H15ClN2O4. The molecule has 26 heavy (non-hydrogen) atoms. The molecule has 0 N–H and O–H groups in total. The zero-order valence-corrected chi connectivity index (χ0v) is 14.6. The van der Waals surface area contributed by atoms with Gasteiger partial charge in [-0.05, 0) is 29.8 Å². The highest BCUT2D eigenvalue weighted by Gasteiger charge is 2.56. The third kappa shape index (κ3) is 2.63. The first-order valence-corrected chi connectivity index (χ1v) is 8.45. The van der Waals surface area contributed by atoms with Crippen LogP contribution >= 0.6 is 11.6 Å². The van der Waals surface area contributed by atoms with Gasteiger partial charge < -0.3 is 9.47 Å². The molecule has 6 nitrogen and oxygen atoms in total. The molecule has 0 spiro atoms. The molecule has 2 aromatic rings. The van der Waals surface area contributed by atoms with E-state index in [0.29, 0.717) is 5.02 Å². The number of rotatable bonds is 3. The molecule has 0 unspecified atom stereocenters. The zero-order chi connectivity index (χ0) is 18.3. The Hall–Kier alpha value is -2.86. The predicted molar refractivity (Wildman–Crippen MR) is 95.9 cm³/mol. The summed E-state index contributed by atoms with van der Waals surface area (Å²) in [4.78, 5) is 24.5. The molecule has 1 fully saturated rings. The Bertz CT molecular complexity index is 882. The number of halogens is 1. The van der Waals surface area contributed by atoms with Crippen LogP contribution in [0.25, 0.3) is 0 Å². The monoisotopic (exact) mass is 370 g/mol. The fourth-order valence-corrected chi connectivity index (χ4v) is 3.53. The molecular weight excluding hydrogens is 356 g/mol. The number of anilines is 1. The number of esters is 2. The highest BCUT2D eigenvalue weighted by atomic mass is 35.5. The lowest BCUT2D eigenvalue weighted by Crippen LogP contribution is -2.36. The predicted octanol–water partition coefficient (Wildman–Crippen LogP) is 2.97. The van der Waals surface area contributed by atoms with Crippen LogP contribution in [0.1, 0.15) is 11.6 Å². The molecule has 132 valence electrons. The summed E-state index contributed by atoms with van der Waals surface area (Å²) in [5.41, 5.74) is 1.91. The second-order valence-corrected chi connectivity index (χ2v) is 6.47. The van der Waals surface area contributed by atoms with Gasteiger partial charge in [-0.15, -0.1) is 0 Å². The summed E-state index contributed by atoms with van der Waals surface area (Å²) in [6.07, 6.45) is -1.02. The third-order valence-corrected chi connectivity index (χ3v) is 4.82. The number of carbonyl (C=O) groups is 2. The summed E-state index contributed by atoms with van der Waals surface area (Å²) in [6.45, 7) is 0. The number of carbonyl (C=O) groups excluding carboxylic acids is 2. The lowest BCUT2D eigenvalue weighted by Gasteiger charge is -2.29. The van der Waals surface area contributed by atoms with Crippen molar-refractivity contribution in [1.29, 1.82) is 0 Å². The van der Waals surface area contributed by atoms with E-state index in [4.69, 9.17) is 21.1 Å². The lowest BCUT2D eigenvalue weighted by atomic mass is 9.87. The highest BCUT2D eigenvalue weighted by molar-refractivity contribution is 6.41. The van der Waals surface area contributed by atoms with E-state index >= 15 is 0 Å². The normalized spacial score (nSPS) is 24.1. The van der Waals surface area contributed by atoms with Crippen molar-refractivity contribution in [3.8, 4) is 0 Å². The number of benzene rings is 2. The number of ether oxygens (including phenoxy) is 2. The van der Waals surface area contributed by atoms with Crippen molar-refractivity contribution in [1.82, 2.24) is 0 Å². The molecule has 2 aromatic carbocycles. The van der Waals surface area contributed by atoms with Crippen LogP contribution in [0.2, 0.25) is 5.02 Å². The van der Waals surface area contributed by atoms with Gasteiger partial charge in [-0.1, -0.05) is 41.9 Å². The van der Waals surface area contributed by atoms with Gasteiger partial charge in [-0.25, -0.2) is 9.59 Å². The smallest absolute Gasteiger partial charge is 0.355 e. The Balaban J connectivity index is 1.82. The van der Waals surface area contributed by atoms with Crippen LogP contribution in [0.15, 0.2) is 59.7 Å². The van der Waals surface area contributed by atoms with Gasteiger partial charge in [0, 0.05) is 5.02 Å². The molecule has 4 rings (SSSR count). The summed E-state index contributed by atoms with van der Waals surface area (Å²) in [5.74, 6) is -1.73. The maximum atomic E-state index is 12.3. The topological polar surface area (TPSA) is 68.2 Å². The van der Waals surface area contributed by atoms with E-state index in [0.717, 1.165) is 11.3 Å². The van der Waals surface area contributed by atoms with Gasteiger partial charge in [0.15, 0.2) is 5.71 Å².